The predicted octanol–water partition coefficient (Wildman–Crippen LogP) is 18.7. The minimum atomic E-state index is -0.490. The molecule has 0 fully saturated rings. The molecular weight excluding hydrogens is 1980 g/mol. The van der Waals surface area contributed by atoms with Crippen molar-refractivity contribution in [3.05, 3.63) is 329 Å². The van der Waals surface area contributed by atoms with Gasteiger partial charge in [0.15, 0.2) is 17.9 Å². The topological polar surface area (TPSA) is 468 Å². The van der Waals surface area contributed by atoms with E-state index in [9.17, 15) is 32.8 Å². The molecule has 5 aromatic heterocycles. The van der Waals surface area contributed by atoms with Gasteiger partial charge in [0.25, 0.3) is 5.91 Å². The van der Waals surface area contributed by atoms with E-state index < -0.39 is 17.9 Å². The Kier molecular flexibility index (Phi) is 40.4. The van der Waals surface area contributed by atoms with Crippen LogP contribution in [0.3, 0.4) is 0 Å². The van der Waals surface area contributed by atoms with Gasteiger partial charge in [-0.05, 0) is 208 Å². The number of nitrogens with zero attached hydrogens (tertiary/aromatic N) is 9. The van der Waals surface area contributed by atoms with Crippen molar-refractivity contribution < 1.29 is 32.8 Å². The maximum atomic E-state index is 13.9. The molecule has 6 heterocycles. The third-order valence-corrected chi connectivity index (χ3v) is 31.6. The summed E-state index contributed by atoms with van der Waals surface area (Å²) in [4.78, 5) is 110. The number of thiazole rings is 5. The van der Waals surface area contributed by atoms with Crippen LogP contribution in [0.1, 0.15) is 215 Å². The van der Waals surface area contributed by atoms with E-state index in [1.54, 1.807) is 94.1 Å². The average molecular weight is 2100 g/mol. The number of benzene rings is 5. The lowest BCUT2D eigenvalue weighted by atomic mass is 10.0. The highest BCUT2D eigenvalue weighted by Crippen LogP contribution is 2.39. The Balaban J connectivity index is 0.000000170. The number of rotatable bonds is 33. The van der Waals surface area contributed by atoms with Gasteiger partial charge in [0.1, 0.15) is 60.5 Å². The molecule has 0 radical (unpaired) electrons. The number of aromatic nitrogens is 5. The van der Waals surface area contributed by atoms with Crippen molar-refractivity contribution in [3.63, 3.8) is 0 Å². The second-order valence-electron chi connectivity index (χ2n) is 33.7. The smallest absolute Gasteiger partial charge is 0.266 e. The maximum Gasteiger partial charge on any atom is 0.266 e. The number of nitrogens with two attached hydrogens (primary N) is 8. The second-order valence-corrected chi connectivity index (χ2v) is 41.0. The summed E-state index contributed by atoms with van der Waals surface area (Å²) in [6.07, 6.45) is 21.6. The standard InChI is InChI=1S/C22H26FN5OS.C21H23ClFN5OS.C21H24ClN5OS.C21H24ClN3OS.C19H21ClN4OS/c1-4-19-13(3)27-21(30-19)18(11-26-22(24)25)28-20(29)16-8-7-14(9-16)15-6-5-12(2)17(23)10-15;1-3-18-11(2)27-20(30-18)17(10-26-21(24)25)28-19(29)14-5-4-12(8-14)13-6-7-15(22)16(23)9-13;1-3-18-12(2)26-20(29-18)17(11-25-21(23)24)27-19(28)15-5-4-14(10-15)13-6-8-16(22)9-7-13;1-4-19-13(3)24-21(27-19)18(11-23)25-20(26)15-9-12(2)17(10-15)14-5-7-16(22)8-6-14;1-3-17-11(2)23-19(26-17)16(9-21)24-18(25)15-8-13(10-22-15)12-4-6-14(20)7-5-12/h5-8,10,18H,4,9,11H2,1-3H3,(H,28,29)(H4,24,25,26);4-7,9,17H,3,8,10H2,1-2H3,(H,28,29)(H4,24,25,26);4-9,17H,3,10-11H2,1-2H3,(H,27,28)(H4,23,24,25);5-9,18H,4,10-11,23H2,1-3H3,(H,25,26);4-7,10,16H,3,8-9,21H2,1-2H3,(H,24,25). The third kappa shape index (κ3) is 30.2. The van der Waals surface area contributed by atoms with Crippen LogP contribution in [-0.2, 0) is 56.1 Å². The minimum Gasteiger partial charge on any atom is -0.370 e. The van der Waals surface area contributed by atoms with E-state index in [4.69, 9.17) is 92.3 Å². The summed E-state index contributed by atoms with van der Waals surface area (Å²) in [5.74, 6) is -1.73. The number of hydrogen-bond acceptors (Lipinski definition) is 21. The molecule has 21 N–H and O–H groups in total. The zero-order valence-electron chi connectivity index (χ0n) is 81.0. The molecule has 5 unspecified atom stereocenters. The lowest BCUT2D eigenvalue weighted by molar-refractivity contribution is -0.119. The lowest BCUT2D eigenvalue weighted by Crippen LogP contribution is -2.37. The molecule has 15 rings (SSSR count). The van der Waals surface area contributed by atoms with E-state index >= 15 is 0 Å². The van der Waals surface area contributed by atoms with Crippen LogP contribution in [-0.4, -0.2) is 111 Å². The number of hydrogen-bond donors (Lipinski definition) is 13. The Labute approximate surface area is 866 Å². The Morgan fingerprint density at radius 2 is 0.669 bits per heavy atom. The Bertz CT molecular complexity index is 6550. The van der Waals surface area contributed by atoms with E-state index in [1.165, 1.54) is 37.7 Å². The Hall–Kier alpha value is -12.3. The molecular formula is C104H118Cl4F2N22O5S5. The van der Waals surface area contributed by atoms with Gasteiger partial charge < -0.3 is 72.5 Å². The predicted molar refractivity (Wildman–Crippen MR) is 580 cm³/mol. The van der Waals surface area contributed by atoms with Gasteiger partial charge in [0, 0.05) is 113 Å². The summed E-state index contributed by atoms with van der Waals surface area (Å²) in [6.45, 7) is 25.3. The van der Waals surface area contributed by atoms with Crippen LogP contribution >= 0.6 is 103 Å². The second kappa shape index (κ2) is 52.1. The van der Waals surface area contributed by atoms with Gasteiger partial charge in [-0.2, -0.15) is 0 Å². The first-order valence-corrected chi connectivity index (χ1v) is 51.7. The molecule has 4 aliphatic carbocycles. The van der Waals surface area contributed by atoms with Crippen molar-refractivity contribution in [1.29, 1.82) is 0 Å². The minimum absolute atomic E-state index is 0.0139. The van der Waals surface area contributed by atoms with Gasteiger partial charge in [-0.3, -0.25) is 43.9 Å². The van der Waals surface area contributed by atoms with Crippen molar-refractivity contribution >= 4 is 184 Å². The molecule has 5 amide bonds. The fourth-order valence-electron chi connectivity index (χ4n) is 15.5. The van der Waals surface area contributed by atoms with Crippen molar-refractivity contribution in [2.45, 2.75) is 178 Å². The number of amides is 5. The maximum absolute atomic E-state index is 13.9. The van der Waals surface area contributed by atoms with E-state index in [2.05, 4.69) is 106 Å². The van der Waals surface area contributed by atoms with Gasteiger partial charge in [-0.25, -0.2) is 33.7 Å². The number of nitrogens with one attached hydrogen (secondary N) is 5. The Morgan fingerprint density at radius 1 is 0.366 bits per heavy atom. The molecule has 5 aromatic carbocycles. The number of guanidine groups is 3. The van der Waals surface area contributed by atoms with Crippen molar-refractivity contribution in [2.24, 2.45) is 65.8 Å². The number of aryl methyl sites for hydroxylation is 11. The van der Waals surface area contributed by atoms with Crippen molar-refractivity contribution in [3.8, 4) is 0 Å². The van der Waals surface area contributed by atoms with E-state index in [0.29, 0.717) is 93.8 Å². The molecule has 0 bridgehead atoms. The van der Waals surface area contributed by atoms with Crippen LogP contribution in [0.2, 0.25) is 20.1 Å². The molecule has 0 saturated carbocycles. The molecule has 10 aromatic rings. The summed E-state index contributed by atoms with van der Waals surface area (Å²) >= 11 is 31.5. The summed E-state index contributed by atoms with van der Waals surface area (Å²) < 4.78 is 27.7. The molecule has 38 heteroatoms. The van der Waals surface area contributed by atoms with Crippen LogP contribution in [0.25, 0.3) is 27.9 Å². The number of carbonyl (C=O) groups is 5. The molecule has 5 atom stereocenters. The quantitative estimate of drug-likeness (QED) is 0.0134. The van der Waals surface area contributed by atoms with Gasteiger partial charge in [0.05, 0.1) is 65.2 Å². The number of allylic oxidation sites excluding steroid dienone is 13. The zero-order valence-corrected chi connectivity index (χ0v) is 88.1. The first-order chi connectivity index (χ1) is 67.9. The largest absolute Gasteiger partial charge is 0.370 e. The SMILES string of the molecule is CCc1sc(C(CN)NC(=O)C2=CC(C)=C(c3ccc(Cl)cc3)C2)nc1C.CCc1sc(C(CN)NC(=O)C2=NC=C(c3ccc(Cl)cc3)C2)nc1C.CCc1sc(C(CN=C(N)N)NC(=O)C2=CC=C(c3ccc(C)c(F)c3)C2)nc1C.CCc1sc(C(CN=C(N)N)NC(=O)C2=CC=C(c3ccc(Cl)c(F)c3)C2)nc1C.CCc1sc(C(CN=C(N)N)NC(=O)C2=CC=C(c3ccc(Cl)cc3)C2)nc1C. The molecule has 746 valence electrons. The van der Waals surface area contributed by atoms with Crippen LogP contribution in [0, 0.1) is 53.2 Å². The monoisotopic (exact) mass is 2090 g/mol. The van der Waals surface area contributed by atoms with Crippen LogP contribution in [0.5, 0.6) is 0 Å². The lowest BCUT2D eigenvalue weighted by Gasteiger charge is -2.15. The van der Waals surface area contributed by atoms with E-state index in [0.717, 1.165) is 152 Å². The van der Waals surface area contributed by atoms with Crippen LogP contribution in [0.15, 0.2) is 206 Å². The number of halogens is 6. The van der Waals surface area contributed by atoms with E-state index in [1.807, 2.05) is 151 Å². The summed E-state index contributed by atoms with van der Waals surface area (Å²) in [7, 11) is 0. The van der Waals surface area contributed by atoms with Gasteiger partial charge in [0.2, 0.25) is 23.6 Å². The fraction of sp³-hybridized carbons (Fsp3) is 0.308. The number of carbonyl (C=O) groups excluding carboxylic acids is 5. The molecule has 27 nitrogen and oxygen atoms in total. The molecule has 0 saturated heterocycles. The van der Waals surface area contributed by atoms with Crippen LogP contribution < -0.4 is 72.5 Å². The average Bonchev–Trinajstić information content (AvgIpc) is 1.65. The number of aliphatic imine (C=N–C) groups is 4. The van der Waals surface area contributed by atoms with Gasteiger partial charge in [-0.15, -0.1) is 56.7 Å². The fourth-order valence-corrected chi connectivity index (χ4v) is 21.3. The highest BCUT2D eigenvalue weighted by molar-refractivity contribution is 7.13. The molecule has 0 spiro atoms. The molecule has 1 aliphatic heterocycles. The molecule has 5 aliphatic rings. The summed E-state index contributed by atoms with van der Waals surface area (Å²) in [5.41, 5.74) is 64.0. The highest BCUT2D eigenvalue weighted by atomic mass is 35.5. The van der Waals surface area contributed by atoms with Crippen LogP contribution in [0.4, 0.5) is 8.78 Å². The van der Waals surface area contributed by atoms with E-state index in [-0.39, 0.29) is 96.0 Å². The summed E-state index contributed by atoms with van der Waals surface area (Å²) in [6, 6.07) is 30.7. The van der Waals surface area contributed by atoms with Gasteiger partial charge >= 0.3 is 0 Å². The third-order valence-electron chi connectivity index (χ3n) is 23.5. The Morgan fingerprint density at radius 3 is 1.00 bits per heavy atom. The van der Waals surface area contributed by atoms with Gasteiger partial charge in [-0.1, -0.05) is 172 Å². The van der Waals surface area contributed by atoms with Crippen molar-refractivity contribution in [1.82, 2.24) is 51.5 Å². The molecule has 142 heavy (non-hydrogen) atoms. The first-order valence-electron chi connectivity index (χ1n) is 46.1. The zero-order chi connectivity index (χ0) is 103. The normalized spacial score (nSPS) is 14.4. The first kappa shape index (κ1) is 110. The van der Waals surface area contributed by atoms with Crippen molar-refractivity contribution in [2.75, 3.05) is 32.7 Å². The summed E-state index contributed by atoms with van der Waals surface area (Å²) in [5, 5.41) is 21.3. The highest BCUT2D eigenvalue weighted by Gasteiger charge is 2.32.